The molecule has 0 heterocycles. The van der Waals surface area contributed by atoms with Crippen LogP contribution in [0.4, 0.5) is 0 Å². The van der Waals surface area contributed by atoms with Gasteiger partial charge in [-0.1, -0.05) is 30.4 Å². The first-order valence-electron chi connectivity index (χ1n) is 4.81. The van der Waals surface area contributed by atoms with E-state index < -0.39 is 0 Å². The van der Waals surface area contributed by atoms with Gasteiger partial charge in [-0.2, -0.15) is 0 Å². The summed E-state index contributed by atoms with van der Waals surface area (Å²) in [6.07, 6.45) is 6.79. The van der Waals surface area contributed by atoms with Crippen molar-refractivity contribution in [2.24, 2.45) is 4.99 Å². The third kappa shape index (κ3) is 4.81. The molecule has 0 radical (unpaired) electrons. The van der Waals surface area contributed by atoms with E-state index >= 15 is 0 Å². The zero-order valence-corrected chi connectivity index (χ0v) is 8.89. The first-order valence-corrected chi connectivity index (χ1v) is 4.81. The van der Waals surface area contributed by atoms with Crippen LogP contribution in [-0.2, 0) is 0 Å². The number of aryl methyl sites for hydroxylation is 1. The molecule has 0 fully saturated rings. The molecule has 15 heavy (non-hydrogen) atoms. The predicted molar refractivity (Wildman–Crippen MR) is 64.5 cm³/mol. The first-order chi connectivity index (χ1) is 7.33. The number of hydrogen-bond acceptors (Lipinski definition) is 2. The molecule has 2 nitrogen and oxygen atoms in total. The van der Waals surface area contributed by atoms with Crippen LogP contribution in [0.5, 0.6) is 5.75 Å². The van der Waals surface area contributed by atoms with Gasteiger partial charge in [-0.3, -0.25) is 4.99 Å². The molecule has 1 aromatic rings. The van der Waals surface area contributed by atoms with E-state index in [0.29, 0.717) is 6.61 Å². The van der Waals surface area contributed by atoms with Gasteiger partial charge in [0.2, 0.25) is 0 Å². The summed E-state index contributed by atoms with van der Waals surface area (Å²) in [5.74, 6) is 0.873. The van der Waals surface area contributed by atoms with Gasteiger partial charge in [0.05, 0.1) is 0 Å². The second-order valence-corrected chi connectivity index (χ2v) is 3.04. The zero-order valence-electron chi connectivity index (χ0n) is 8.89. The molecule has 0 aliphatic carbocycles. The number of allylic oxidation sites excluding steroid dienone is 1. The molecule has 0 aromatic heterocycles. The number of hydrogen-bond donors (Lipinski definition) is 0. The van der Waals surface area contributed by atoms with E-state index in [-0.39, 0.29) is 0 Å². The number of aliphatic imine (C=N–C) groups is 1. The summed E-state index contributed by atoms with van der Waals surface area (Å²) in [5.41, 5.74) is 1.23. The van der Waals surface area contributed by atoms with Crippen LogP contribution in [0.1, 0.15) is 5.56 Å². The lowest BCUT2D eigenvalue weighted by Crippen LogP contribution is -1.92. The molecule has 0 unspecified atom stereocenters. The van der Waals surface area contributed by atoms with Crippen LogP contribution in [0, 0.1) is 6.92 Å². The molecule has 0 aliphatic rings. The maximum atomic E-state index is 5.45. The number of rotatable bonds is 5. The van der Waals surface area contributed by atoms with E-state index in [1.807, 2.05) is 37.3 Å². The molecule has 1 aromatic carbocycles. The van der Waals surface area contributed by atoms with Crippen molar-refractivity contribution in [1.82, 2.24) is 0 Å². The Hall–Kier alpha value is -1.83. The van der Waals surface area contributed by atoms with Crippen LogP contribution in [0.25, 0.3) is 0 Å². The Morgan fingerprint density at radius 1 is 1.33 bits per heavy atom. The third-order valence-corrected chi connectivity index (χ3v) is 1.75. The fourth-order valence-corrected chi connectivity index (χ4v) is 0.993. The zero-order chi connectivity index (χ0) is 10.9. The lowest BCUT2D eigenvalue weighted by molar-refractivity contribution is 0.362. The van der Waals surface area contributed by atoms with Crippen molar-refractivity contribution in [3.8, 4) is 5.75 Å². The quantitative estimate of drug-likeness (QED) is 0.671. The highest BCUT2D eigenvalue weighted by atomic mass is 16.5. The second kappa shape index (κ2) is 6.60. The van der Waals surface area contributed by atoms with Gasteiger partial charge in [-0.05, 0) is 25.1 Å². The maximum Gasteiger partial charge on any atom is 0.119 e. The minimum absolute atomic E-state index is 0.525. The first kappa shape index (κ1) is 11.2. The largest absolute Gasteiger partial charge is 0.489 e. The lowest BCUT2D eigenvalue weighted by atomic mass is 10.2. The van der Waals surface area contributed by atoms with Crippen molar-refractivity contribution in [2.45, 2.75) is 6.92 Å². The second-order valence-electron chi connectivity index (χ2n) is 3.04. The molecule has 0 aliphatic heterocycles. The molecular weight excluding hydrogens is 186 g/mol. The molecule has 0 saturated carbocycles. The molecule has 0 saturated heterocycles. The molecule has 0 spiro atoms. The lowest BCUT2D eigenvalue weighted by Gasteiger charge is -2.02. The summed E-state index contributed by atoms with van der Waals surface area (Å²) >= 11 is 0. The highest BCUT2D eigenvalue weighted by Gasteiger charge is 1.89. The minimum Gasteiger partial charge on any atom is -0.489 e. The van der Waals surface area contributed by atoms with Crippen molar-refractivity contribution in [2.75, 3.05) is 6.61 Å². The Balaban J connectivity index is 2.31. The van der Waals surface area contributed by atoms with E-state index in [4.69, 9.17) is 4.74 Å². The Kier molecular flexibility index (Phi) is 4.95. The van der Waals surface area contributed by atoms with Crippen LogP contribution in [0.15, 0.2) is 54.2 Å². The highest BCUT2D eigenvalue weighted by molar-refractivity contribution is 5.70. The highest BCUT2D eigenvalue weighted by Crippen LogP contribution is 2.10. The number of nitrogens with zero attached hydrogens (tertiary/aromatic N) is 1. The van der Waals surface area contributed by atoms with Crippen molar-refractivity contribution in [3.05, 3.63) is 54.8 Å². The normalized spacial score (nSPS) is 11.0. The molecule has 0 atom stereocenters. The molecular formula is C13H15NO. The maximum absolute atomic E-state index is 5.45. The predicted octanol–water partition coefficient (Wildman–Crippen LogP) is 3.14. The average molecular weight is 201 g/mol. The van der Waals surface area contributed by atoms with Gasteiger partial charge < -0.3 is 4.74 Å². The summed E-state index contributed by atoms with van der Waals surface area (Å²) in [6.45, 7) is 6.09. The number of ether oxygens (including phenoxy) is 1. The molecule has 2 heteroatoms. The topological polar surface area (TPSA) is 21.6 Å². The van der Waals surface area contributed by atoms with E-state index in [9.17, 15) is 0 Å². The van der Waals surface area contributed by atoms with Gasteiger partial charge >= 0.3 is 0 Å². The SMILES string of the molecule is C=CC=N/C=C\COc1ccc(C)cc1. The Morgan fingerprint density at radius 3 is 2.73 bits per heavy atom. The summed E-state index contributed by atoms with van der Waals surface area (Å²) < 4.78 is 5.45. The molecule has 1 rings (SSSR count). The third-order valence-electron chi connectivity index (χ3n) is 1.75. The molecule has 0 N–H and O–H groups in total. The van der Waals surface area contributed by atoms with E-state index in [2.05, 4.69) is 11.6 Å². The summed E-state index contributed by atoms with van der Waals surface area (Å²) in [7, 11) is 0. The Labute approximate surface area is 90.6 Å². The molecule has 0 amide bonds. The van der Waals surface area contributed by atoms with Gasteiger partial charge in [0.15, 0.2) is 0 Å². The van der Waals surface area contributed by atoms with E-state index in [1.54, 1.807) is 18.5 Å². The Morgan fingerprint density at radius 2 is 2.07 bits per heavy atom. The van der Waals surface area contributed by atoms with Gasteiger partial charge in [-0.15, -0.1) is 0 Å². The molecule has 0 bridgehead atoms. The van der Waals surface area contributed by atoms with E-state index in [1.165, 1.54) is 5.56 Å². The van der Waals surface area contributed by atoms with Crippen molar-refractivity contribution in [1.29, 1.82) is 0 Å². The summed E-state index contributed by atoms with van der Waals surface area (Å²) in [4.78, 5) is 3.93. The monoisotopic (exact) mass is 201 g/mol. The van der Waals surface area contributed by atoms with Crippen molar-refractivity contribution in [3.63, 3.8) is 0 Å². The van der Waals surface area contributed by atoms with Crippen LogP contribution >= 0.6 is 0 Å². The molecule has 78 valence electrons. The Bertz CT molecular complexity index is 349. The fraction of sp³-hybridized carbons (Fsp3) is 0.154. The van der Waals surface area contributed by atoms with Crippen molar-refractivity contribution < 1.29 is 4.74 Å². The smallest absolute Gasteiger partial charge is 0.119 e. The standard InChI is InChI=1S/C13H15NO/c1-3-9-14-10-4-11-15-13-7-5-12(2)6-8-13/h3-10H,1,11H2,2H3/b10-4-,14-9?. The fourth-order valence-electron chi connectivity index (χ4n) is 0.993. The summed E-state index contributed by atoms with van der Waals surface area (Å²) in [5, 5.41) is 0. The van der Waals surface area contributed by atoms with Gasteiger partial charge in [0.1, 0.15) is 12.4 Å². The number of benzene rings is 1. The van der Waals surface area contributed by atoms with Gasteiger partial charge in [-0.25, -0.2) is 0 Å². The minimum atomic E-state index is 0.525. The van der Waals surface area contributed by atoms with Crippen LogP contribution < -0.4 is 4.74 Å². The van der Waals surface area contributed by atoms with Gasteiger partial charge in [0.25, 0.3) is 0 Å². The van der Waals surface area contributed by atoms with Crippen LogP contribution in [0.3, 0.4) is 0 Å². The van der Waals surface area contributed by atoms with Crippen LogP contribution in [0.2, 0.25) is 0 Å². The van der Waals surface area contributed by atoms with Crippen molar-refractivity contribution >= 4 is 6.21 Å². The average Bonchev–Trinajstić information content (AvgIpc) is 2.26. The summed E-state index contributed by atoms with van der Waals surface area (Å²) in [6, 6.07) is 7.95. The van der Waals surface area contributed by atoms with Gasteiger partial charge in [0, 0.05) is 12.4 Å². The van der Waals surface area contributed by atoms with E-state index in [0.717, 1.165) is 5.75 Å². The van der Waals surface area contributed by atoms with Crippen LogP contribution in [-0.4, -0.2) is 12.8 Å².